The van der Waals surface area contributed by atoms with E-state index in [0.717, 1.165) is 18.4 Å². The van der Waals surface area contributed by atoms with Crippen molar-refractivity contribution in [2.24, 2.45) is 5.92 Å². The molecule has 0 aromatic carbocycles. The average molecular weight is 377 g/mol. The Bertz CT molecular complexity index is 706. The molecule has 0 amide bonds. The predicted octanol–water partition coefficient (Wildman–Crippen LogP) is 1.18. The first-order valence-corrected chi connectivity index (χ1v) is 9.75. The Labute approximate surface area is 154 Å². The van der Waals surface area contributed by atoms with Crippen LogP contribution in [0.3, 0.4) is 0 Å². The molecule has 0 bridgehead atoms. The van der Waals surface area contributed by atoms with Crippen LogP contribution in [0.2, 0.25) is 0 Å². The van der Waals surface area contributed by atoms with Gasteiger partial charge in [0.25, 0.3) is 0 Å². The van der Waals surface area contributed by atoms with Crippen molar-refractivity contribution in [3.05, 3.63) is 54.6 Å². The van der Waals surface area contributed by atoms with Gasteiger partial charge in [-0.05, 0) is 54.7 Å². The third-order valence-electron chi connectivity index (χ3n) is 5.04. The third-order valence-corrected chi connectivity index (χ3v) is 5.98. The summed E-state index contributed by atoms with van der Waals surface area (Å²) in [4.78, 5) is 8.04. The molecule has 8 nitrogen and oxygen atoms in total. The molecule has 1 aromatic rings. The molecule has 1 N–H and O–H groups in total. The first-order chi connectivity index (χ1) is 12.7. The van der Waals surface area contributed by atoms with E-state index in [4.69, 9.17) is 9.47 Å². The van der Waals surface area contributed by atoms with Crippen molar-refractivity contribution in [3.63, 3.8) is 0 Å². The van der Waals surface area contributed by atoms with Gasteiger partial charge in [0.1, 0.15) is 12.4 Å². The molecule has 0 radical (unpaired) electrons. The van der Waals surface area contributed by atoms with Crippen molar-refractivity contribution >= 4 is 11.1 Å². The number of rotatable bonds is 5. The monoisotopic (exact) mass is 377 g/mol. The van der Waals surface area contributed by atoms with E-state index in [0.29, 0.717) is 24.9 Å². The highest BCUT2D eigenvalue weighted by molar-refractivity contribution is 7.79. The highest BCUT2D eigenvalue weighted by atomic mass is 32.2. The Balaban J connectivity index is 1.41. The van der Waals surface area contributed by atoms with Crippen LogP contribution in [0.5, 0.6) is 0 Å². The third kappa shape index (κ3) is 3.42. The van der Waals surface area contributed by atoms with Gasteiger partial charge < -0.3 is 19.3 Å². The van der Waals surface area contributed by atoms with Gasteiger partial charge in [-0.1, -0.05) is 0 Å². The van der Waals surface area contributed by atoms with Crippen LogP contribution in [-0.2, 0) is 20.6 Å². The Morgan fingerprint density at radius 1 is 1.31 bits per heavy atom. The summed E-state index contributed by atoms with van der Waals surface area (Å²) in [7, 11) is 0. The molecule has 1 saturated heterocycles. The average Bonchev–Trinajstić information content (AvgIpc) is 3.34. The maximum Gasteiger partial charge on any atom is 0.234 e. The fourth-order valence-corrected chi connectivity index (χ4v) is 4.61. The van der Waals surface area contributed by atoms with Gasteiger partial charge in [0, 0.05) is 30.7 Å². The zero-order chi connectivity index (χ0) is 17.9. The summed E-state index contributed by atoms with van der Waals surface area (Å²) in [5.74, 6) is 1.08. The van der Waals surface area contributed by atoms with E-state index >= 15 is 0 Å². The molecule has 3 unspecified atom stereocenters. The van der Waals surface area contributed by atoms with Crippen LogP contribution in [0.1, 0.15) is 23.8 Å². The fraction of sp³-hybridized carbons (Fsp3) is 0.471. The second-order valence-electron chi connectivity index (χ2n) is 6.49. The molecule has 3 aliphatic rings. The maximum atomic E-state index is 11.8. The van der Waals surface area contributed by atoms with E-state index in [2.05, 4.69) is 10.3 Å². The molecule has 140 valence electrons. The molecule has 1 fully saturated rings. The standard InChI is InChI=1S/C17H22N4O4S/c22-26(23)17(14-1-5-18-6-2-14)20-8-3-13(4-9-20)16-19-7-10-21(16)15-11-24-12-25-15/h1-2,5-7,10-11,13,16-17,19H,3-4,8-9,12H2,(H,22,23)/p-1. The van der Waals surface area contributed by atoms with Crippen LogP contribution in [0.4, 0.5) is 0 Å². The minimum Gasteiger partial charge on any atom is -0.771 e. The van der Waals surface area contributed by atoms with Crippen molar-refractivity contribution in [2.45, 2.75) is 24.4 Å². The van der Waals surface area contributed by atoms with Gasteiger partial charge in [-0.25, -0.2) is 0 Å². The molecule has 4 rings (SSSR count). The number of hydrogen-bond acceptors (Lipinski definition) is 8. The molecule has 26 heavy (non-hydrogen) atoms. The quantitative estimate of drug-likeness (QED) is 0.765. The van der Waals surface area contributed by atoms with Crippen LogP contribution in [0.25, 0.3) is 0 Å². The van der Waals surface area contributed by atoms with Crippen molar-refractivity contribution < 1.29 is 18.2 Å². The van der Waals surface area contributed by atoms with Crippen molar-refractivity contribution in [1.29, 1.82) is 0 Å². The van der Waals surface area contributed by atoms with Crippen molar-refractivity contribution in [2.75, 3.05) is 19.9 Å². The van der Waals surface area contributed by atoms with E-state index in [-0.39, 0.29) is 13.0 Å². The Morgan fingerprint density at radius 3 is 2.73 bits per heavy atom. The van der Waals surface area contributed by atoms with Crippen LogP contribution >= 0.6 is 0 Å². The van der Waals surface area contributed by atoms with Crippen LogP contribution < -0.4 is 5.32 Å². The van der Waals surface area contributed by atoms with Crippen molar-refractivity contribution in [3.8, 4) is 0 Å². The van der Waals surface area contributed by atoms with Gasteiger partial charge in [-0.2, -0.15) is 0 Å². The minimum atomic E-state index is -2.21. The van der Waals surface area contributed by atoms with Gasteiger partial charge >= 0.3 is 0 Å². The van der Waals surface area contributed by atoms with E-state index in [9.17, 15) is 8.76 Å². The Kier molecular flexibility index (Phi) is 5.09. The molecule has 1 aromatic heterocycles. The topological polar surface area (TPSA) is 90.0 Å². The Hall–Kier alpha value is -2.10. The molecule has 0 spiro atoms. The van der Waals surface area contributed by atoms with Crippen LogP contribution in [0.15, 0.2) is 49.1 Å². The number of ether oxygens (including phenoxy) is 2. The van der Waals surface area contributed by atoms with E-state index in [1.165, 1.54) is 0 Å². The van der Waals surface area contributed by atoms with Gasteiger partial charge in [0.15, 0.2) is 0 Å². The SMILES string of the molecule is O=S([O-])C(c1ccncc1)N1CCC(C2NC=CN2C2=COCO2)CC1. The summed E-state index contributed by atoms with van der Waals surface area (Å²) in [6.07, 6.45) is 10.6. The summed E-state index contributed by atoms with van der Waals surface area (Å²) in [6.45, 7) is 1.68. The van der Waals surface area contributed by atoms with Gasteiger partial charge in [0.2, 0.25) is 12.7 Å². The number of hydrogen-bond donors (Lipinski definition) is 1. The zero-order valence-electron chi connectivity index (χ0n) is 14.2. The largest absolute Gasteiger partial charge is 0.771 e. The van der Waals surface area contributed by atoms with E-state index in [1.54, 1.807) is 30.8 Å². The van der Waals surface area contributed by atoms with E-state index < -0.39 is 16.5 Å². The lowest BCUT2D eigenvalue weighted by Gasteiger charge is -2.41. The number of likely N-dealkylation sites (tertiary alicyclic amines) is 1. The van der Waals surface area contributed by atoms with Gasteiger partial charge in [0.05, 0.1) is 5.37 Å². The molecular weight excluding hydrogens is 356 g/mol. The molecule has 0 aliphatic carbocycles. The second kappa shape index (κ2) is 7.65. The smallest absolute Gasteiger partial charge is 0.234 e. The Morgan fingerprint density at radius 2 is 2.08 bits per heavy atom. The first kappa shape index (κ1) is 17.3. The summed E-state index contributed by atoms with van der Waals surface area (Å²) in [5.41, 5.74) is 0.760. The number of pyridine rings is 1. The molecule has 9 heteroatoms. The minimum absolute atomic E-state index is 0.0993. The summed E-state index contributed by atoms with van der Waals surface area (Å²) >= 11 is -2.21. The van der Waals surface area contributed by atoms with Crippen LogP contribution in [-0.4, -0.2) is 49.6 Å². The number of nitrogens with zero attached hydrogens (tertiary/aromatic N) is 3. The number of nitrogens with one attached hydrogen (secondary N) is 1. The van der Waals surface area contributed by atoms with Gasteiger partial charge in [-0.3, -0.25) is 19.0 Å². The fourth-order valence-electron chi connectivity index (χ4n) is 3.78. The number of aromatic nitrogens is 1. The number of piperidine rings is 1. The summed E-state index contributed by atoms with van der Waals surface area (Å²) < 4.78 is 34.3. The normalized spacial score (nSPS) is 26.0. The predicted molar refractivity (Wildman–Crippen MR) is 93.2 cm³/mol. The highest BCUT2D eigenvalue weighted by Crippen LogP contribution is 2.33. The second-order valence-corrected chi connectivity index (χ2v) is 7.45. The molecule has 0 saturated carbocycles. The lowest BCUT2D eigenvalue weighted by atomic mass is 9.93. The summed E-state index contributed by atoms with van der Waals surface area (Å²) in [6, 6.07) is 3.53. The molecular formula is C17H21N4O4S-. The summed E-state index contributed by atoms with van der Waals surface area (Å²) in [5, 5.41) is 2.75. The highest BCUT2D eigenvalue weighted by Gasteiger charge is 2.36. The zero-order valence-corrected chi connectivity index (χ0v) is 15.0. The maximum absolute atomic E-state index is 11.8. The molecule has 4 heterocycles. The lowest BCUT2D eigenvalue weighted by Crippen LogP contribution is -2.47. The van der Waals surface area contributed by atoms with E-state index in [1.807, 2.05) is 22.2 Å². The first-order valence-electron chi connectivity index (χ1n) is 8.62. The lowest BCUT2D eigenvalue weighted by molar-refractivity contribution is 0.0368. The molecule has 3 atom stereocenters. The molecule has 3 aliphatic heterocycles. The van der Waals surface area contributed by atoms with Crippen molar-refractivity contribution in [1.82, 2.24) is 20.1 Å². The van der Waals surface area contributed by atoms with Crippen LogP contribution in [0, 0.1) is 5.92 Å². The van der Waals surface area contributed by atoms with Gasteiger partial charge in [-0.15, -0.1) is 0 Å².